The zero-order valence-electron chi connectivity index (χ0n) is 12.6. The third kappa shape index (κ3) is 5.91. The minimum atomic E-state index is -0.907. The summed E-state index contributed by atoms with van der Waals surface area (Å²) in [5, 5.41) is 8.86. The van der Waals surface area contributed by atoms with Crippen molar-refractivity contribution in [1.82, 2.24) is 0 Å². The zero-order chi connectivity index (χ0) is 16.5. The molecule has 0 heterocycles. The van der Waals surface area contributed by atoms with Crippen LogP contribution in [0.25, 0.3) is 0 Å². The Labute approximate surface area is 140 Å². The second-order valence-corrected chi connectivity index (χ2v) is 5.68. The number of carboxylic acid groups (broad SMARTS) is 1. The first-order chi connectivity index (χ1) is 10.5. The molecule has 0 radical (unpaired) electrons. The molecular formula is C15H22Cl2N2O3. The lowest BCUT2D eigenvalue weighted by molar-refractivity contribution is -0.137. The van der Waals surface area contributed by atoms with E-state index in [0.29, 0.717) is 37.0 Å². The lowest BCUT2D eigenvalue weighted by Crippen LogP contribution is -2.31. The van der Waals surface area contributed by atoms with Gasteiger partial charge in [0.25, 0.3) is 0 Å². The van der Waals surface area contributed by atoms with Gasteiger partial charge in [-0.05, 0) is 30.2 Å². The second-order valence-electron chi connectivity index (χ2n) is 4.92. The Balaban J connectivity index is 3.05. The Bertz CT molecular complexity index is 480. The Morgan fingerprint density at radius 2 is 2.00 bits per heavy atom. The number of nitrogens with zero attached hydrogens (tertiary/aromatic N) is 1. The van der Waals surface area contributed by atoms with Gasteiger partial charge in [0, 0.05) is 36.6 Å². The van der Waals surface area contributed by atoms with Gasteiger partial charge < -0.3 is 20.5 Å². The van der Waals surface area contributed by atoms with Gasteiger partial charge >= 0.3 is 5.97 Å². The van der Waals surface area contributed by atoms with E-state index in [1.807, 2.05) is 18.2 Å². The van der Waals surface area contributed by atoms with Gasteiger partial charge in [0.05, 0.1) is 13.5 Å². The van der Waals surface area contributed by atoms with Crippen molar-refractivity contribution in [2.75, 3.05) is 36.9 Å². The maximum Gasteiger partial charge on any atom is 0.304 e. The molecule has 0 aromatic heterocycles. The van der Waals surface area contributed by atoms with E-state index in [2.05, 4.69) is 4.90 Å². The van der Waals surface area contributed by atoms with Crippen molar-refractivity contribution in [2.24, 2.45) is 5.73 Å². The van der Waals surface area contributed by atoms with Crippen molar-refractivity contribution in [2.45, 2.75) is 18.9 Å². The van der Waals surface area contributed by atoms with E-state index in [9.17, 15) is 4.79 Å². The van der Waals surface area contributed by atoms with Gasteiger partial charge in [0.2, 0.25) is 0 Å². The zero-order valence-corrected chi connectivity index (χ0v) is 14.1. The summed E-state index contributed by atoms with van der Waals surface area (Å²) in [7, 11) is 1.59. The minimum absolute atomic E-state index is 0.0817. The van der Waals surface area contributed by atoms with Crippen LogP contribution < -0.4 is 15.4 Å². The van der Waals surface area contributed by atoms with Crippen molar-refractivity contribution in [3.05, 3.63) is 23.8 Å². The Morgan fingerprint density at radius 3 is 2.50 bits per heavy atom. The molecule has 0 saturated carbocycles. The maximum atomic E-state index is 10.8. The number of hydrogen-bond donors (Lipinski definition) is 2. The number of aliphatic carboxylic acids is 1. The quantitative estimate of drug-likeness (QED) is 0.634. The van der Waals surface area contributed by atoms with Gasteiger partial charge in [-0.3, -0.25) is 4.79 Å². The first kappa shape index (κ1) is 18.9. The lowest BCUT2D eigenvalue weighted by atomic mass is 10.0. The van der Waals surface area contributed by atoms with Crippen LogP contribution in [0.15, 0.2) is 18.2 Å². The number of carbonyl (C=O) groups is 1. The number of hydrogen-bond acceptors (Lipinski definition) is 4. The fourth-order valence-corrected chi connectivity index (χ4v) is 2.70. The average Bonchev–Trinajstić information content (AvgIpc) is 2.46. The van der Waals surface area contributed by atoms with Crippen molar-refractivity contribution in [3.8, 4) is 5.75 Å². The maximum absolute atomic E-state index is 10.8. The topological polar surface area (TPSA) is 75.8 Å². The number of ether oxygens (including phenoxy) is 1. The highest BCUT2D eigenvalue weighted by atomic mass is 35.5. The van der Waals surface area contributed by atoms with Gasteiger partial charge in [0.15, 0.2) is 0 Å². The van der Waals surface area contributed by atoms with Crippen LogP contribution in [0.5, 0.6) is 5.75 Å². The van der Waals surface area contributed by atoms with E-state index < -0.39 is 12.0 Å². The van der Waals surface area contributed by atoms with Crippen LogP contribution in [0.1, 0.15) is 12.0 Å². The van der Waals surface area contributed by atoms with E-state index in [1.54, 1.807) is 7.11 Å². The highest BCUT2D eigenvalue weighted by Crippen LogP contribution is 2.27. The third-order valence-electron chi connectivity index (χ3n) is 3.26. The number of anilines is 1. The molecule has 1 atom stereocenters. The first-order valence-corrected chi connectivity index (χ1v) is 8.09. The van der Waals surface area contributed by atoms with Crippen LogP contribution in [0.3, 0.4) is 0 Å². The van der Waals surface area contributed by atoms with Gasteiger partial charge in [-0.15, -0.1) is 23.2 Å². The molecule has 0 aliphatic heterocycles. The molecule has 22 heavy (non-hydrogen) atoms. The summed E-state index contributed by atoms with van der Waals surface area (Å²) >= 11 is 11.7. The third-order valence-corrected chi connectivity index (χ3v) is 3.59. The van der Waals surface area contributed by atoms with E-state index >= 15 is 0 Å². The smallest absolute Gasteiger partial charge is 0.304 e. The molecule has 1 aromatic carbocycles. The van der Waals surface area contributed by atoms with Crippen LogP contribution in [0.4, 0.5) is 5.69 Å². The molecule has 7 heteroatoms. The SMILES string of the molecule is COc1ccc(N(CCCl)CCCl)c(C[C@H](N)CC(=O)O)c1. The minimum Gasteiger partial charge on any atom is -0.497 e. The number of benzene rings is 1. The summed E-state index contributed by atoms with van der Waals surface area (Å²) < 4.78 is 5.24. The first-order valence-electron chi connectivity index (χ1n) is 7.03. The van der Waals surface area contributed by atoms with Crippen molar-refractivity contribution in [1.29, 1.82) is 0 Å². The normalized spacial score (nSPS) is 12.0. The summed E-state index contributed by atoms with van der Waals surface area (Å²) in [5.74, 6) is 0.751. The summed E-state index contributed by atoms with van der Waals surface area (Å²) in [4.78, 5) is 12.9. The number of carboxylic acids is 1. The lowest BCUT2D eigenvalue weighted by Gasteiger charge is -2.27. The van der Waals surface area contributed by atoms with E-state index in [0.717, 1.165) is 11.3 Å². The molecule has 0 saturated heterocycles. The molecule has 0 aliphatic rings. The van der Waals surface area contributed by atoms with Crippen LogP contribution in [-0.4, -0.2) is 49.1 Å². The van der Waals surface area contributed by atoms with Gasteiger partial charge in [0.1, 0.15) is 5.75 Å². The van der Waals surface area contributed by atoms with Crippen molar-refractivity contribution >= 4 is 34.9 Å². The van der Waals surface area contributed by atoms with Crippen LogP contribution in [0.2, 0.25) is 0 Å². The van der Waals surface area contributed by atoms with Crippen molar-refractivity contribution in [3.63, 3.8) is 0 Å². The number of methoxy groups -OCH3 is 1. The highest BCUT2D eigenvalue weighted by Gasteiger charge is 2.16. The monoisotopic (exact) mass is 348 g/mol. The Morgan fingerprint density at radius 1 is 1.36 bits per heavy atom. The molecule has 124 valence electrons. The van der Waals surface area contributed by atoms with E-state index in [1.165, 1.54) is 0 Å². The molecular weight excluding hydrogens is 327 g/mol. The Kier molecular flexibility index (Phi) is 8.38. The largest absolute Gasteiger partial charge is 0.497 e. The van der Waals surface area contributed by atoms with Gasteiger partial charge in [-0.25, -0.2) is 0 Å². The average molecular weight is 349 g/mol. The highest BCUT2D eigenvalue weighted by molar-refractivity contribution is 6.18. The molecule has 0 aliphatic carbocycles. The summed E-state index contributed by atoms with van der Waals surface area (Å²) in [6, 6.07) is 5.21. The number of alkyl halides is 2. The number of nitrogens with two attached hydrogens (primary N) is 1. The molecule has 1 rings (SSSR count). The Hall–Kier alpha value is -1.17. The summed E-state index contributed by atoms with van der Waals surface area (Å²) in [6.07, 6.45) is 0.363. The van der Waals surface area contributed by atoms with Crippen LogP contribution >= 0.6 is 23.2 Å². The van der Waals surface area contributed by atoms with Gasteiger partial charge in [-0.1, -0.05) is 0 Å². The molecule has 0 unspecified atom stereocenters. The molecule has 0 fully saturated rings. The van der Waals surface area contributed by atoms with E-state index in [-0.39, 0.29) is 6.42 Å². The molecule has 1 aromatic rings. The predicted octanol–water partition coefficient (Wildman–Crippen LogP) is 2.32. The number of halogens is 2. The van der Waals surface area contributed by atoms with Gasteiger partial charge in [-0.2, -0.15) is 0 Å². The summed E-state index contributed by atoms with van der Waals surface area (Å²) in [5.41, 5.74) is 7.82. The van der Waals surface area contributed by atoms with Crippen LogP contribution in [-0.2, 0) is 11.2 Å². The molecule has 0 bridgehead atoms. The second kappa shape index (κ2) is 9.77. The standard InChI is InChI=1S/C15H22Cl2N2O3/c1-22-13-2-3-14(19(6-4-16)7-5-17)11(9-13)8-12(18)10-15(20)21/h2-3,9,12H,4-8,10,18H2,1H3,(H,20,21)/t12-/m0/s1. The summed E-state index contributed by atoms with van der Waals surface area (Å²) in [6.45, 7) is 1.31. The van der Waals surface area contributed by atoms with Crippen LogP contribution in [0, 0.1) is 0 Å². The molecule has 5 nitrogen and oxygen atoms in total. The molecule has 3 N–H and O–H groups in total. The predicted molar refractivity (Wildman–Crippen MR) is 90.6 cm³/mol. The van der Waals surface area contributed by atoms with E-state index in [4.69, 9.17) is 38.8 Å². The number of rotatable bonds is 10. The molecule has 0 amide bonds. The fraction of sp³-hybridized carbons (Fsp3) is 0.533. The van der Waals surface area contributed by atoms with Crippen molar-refractivity contribution < 1.29 is 14.6 Å². The molecule has 0 spiro atoms. The fourth-order valence-electron chi connectivity index (χ4n) is 2.30.